The van der Waals surface area contributed by atoms with Crippen molar-refractivity contribution in [2.24, 2.45) is 5.73 Å². The van der Waals surface area contributed by atoms with Crippen molar-refractivity contribution in [2.75, 3.05) is 0 Å². The summed E-state index contributed by atoms with van der Waals surface area (Å²) in [4.78, 5) is 0. The van der Waals surface area contributed by atoms with Crippen molar-refractivity contribution < 1.29 is 0 Å². The molecule has 3 rings (SSSR count). The normalized spacial score (nSPS) is 20.3. The summed E-state index contributed by atoms with van der Waals surface area (Å²) in [6.45, 7) is 0.891. The Bertz CT molecular complexity index is 501. The molecule has 0 radical (unpaired) electrons. The van der Waals surface area contributed by atoms with Crippen LogP contribution in [0.25, 0.3) is 10.9 Å². The molecule has 2 nitrogen and oxygen atoms in total. The smallest absolute Gasteiger partial charge is 0.0672 e. The van der Waals surface area contributed by atoms with Gasteiger partial charge in [-0.3, -0.25) is 0 Å². The van der Waals surface area contributed by atoms with Gasteiger partial charge in [0.05, 0.1) is 10.5 Å². The van der Waals surface area contributed by atoms with Gasteiger partial charge in [-0.15, -0.1) is 0 Å². The van der Waals surface area contributed by atoms with E-state index < -0.39 is 0 Å². The second-order valence-electron chi connectivity index (χ2n) is 3.89. The van der Waals surface area contributed by atoms with Gasteiger partial charge in [0.2, 0.25) is 0 Å². The van der Waals surface area contributed by atoms with Gasteiger partial charge in [-0.1, -0.05) is 23.7 Å². The third-order valence-electron chi connectivity index (χ3n) is 2.85. The predicted molar refractivity (Wildman–Crippen MR) is 58.6 cm³/mol. The van der Waals surface area contributed by atoms with Gasteiger partial charge in [0, 0.05) is 30.1 Å². The molecule has 0 aliphatic carbocycles. The Kier molecular flexibility index (Phi) is 1.64. The molecular formula is C11H11ClN2. The molecule has 2 heterocycles. The summed E-state index contributed by atoms with van der Waals surface area (Å²) in [5.74, 6) is 0. The molecule has 14 heavy (non-hydrogen) atoms. The van der Waals surface area contributed by atoms with Crippen LogP contribution in [-0.4, -0.2) is 10.6 Å². The van der Waals surface area contributed by atoms with Crippen LogP contribution in [0, 0.1) is 0 Å². The molecule has 2 aromatic rings. The average Bonchev–Trinajstić information content (AvgIpc) is 2.60. The molecule has 1 aromatic carbocycles. The second-order valence-corrected chi connectivity index (χ2v) is 4.30. The molecule has 1 atom stereocenters. The number of para-hydroxylation sites is 1. The van der Waals surface area contributed by atoms with E-state index in [1.807, 2.05) is 12.1 Å². The summed E-state index contributed by atoms with van der Waals surface area (Å²) in [5.41, 5.74) is 8.35. The second kappa shape index (κ2) is 2.75. The summed E-state index contributed by atoms with van der Waals surface area (Å²) in [5, 5.41) is 2.04. The molecule has 1 aliphatic rings. The lowest BCUT2D eigenvalue weighted by Gasteiger charge is -2.03. The number of rotatable bonds is 0. The topological polar surface area (TPSA) is 30.9 Å². The molecule has 0 bridgehead atoms. The zero-order chi connectivity index (χ0) is 9.71. The highest BCUT2D eigenvalue weighted by Crippen LogP contribution is 2.30. The Hall–Kier alpha value is -0.990. The average molecular weight is 207 g/mol. The van der Waals surface area contributed by atoms with Crippen LogP contribution in [0.15, 0.2) is 24.3 Å². The lowest BCUT2D eigenvalue weighted by atomic mass is 10.2. The first-order valence-corrected chi connectivity index (χ1v) is 5.16. The number of halogens is 1. The van der Waals surface area contributed by atoms with Crippen LogP contribution in [-0.2, 0) is 13.0 Å². The molecule has 0 fully saturated rings. The van der Waals surface area contributed by atoms with Gasteiger partial charge >= 0.3 is 0 Å². The van der Waals surface area contributed by atoms with Crippen LogP contribution in [0.2, 0.25) is 5.02 Å². The predicted octanol–water partition coefficient (Wildman–Crippen LogP) is 2.18. The minimum atomic E-state index is 0.255. The van der Waals surface area contributed by atoms with E-state index in [2.05, 4.69) is 16.7 Å². The molecule has 72 valence electrons. The lowest BCUT2D eigenvalue weighted by Crippen LogP contribution is -2.20. The number of nitrogens with zero attached hydrogens (tertiary/aromatic N) is 1. The summed E-state index contributed by atoms with van der Waals surface area (Å²) >= 11 is 6.17. The number of benzene rings is 1. The van der Waals surface area contributed by atoms with Gasteiger partial charge < -0.3 is 10.3 Å². The van der Waals surface area contributed by atoms with Crippen LogP contribution in [0.1, 0.15) is 5.69 Å². The number of fused-ring (bicyclic) bond motifs is 3. The Morgan fingerprint density at radius 3 is 3.14 bits per heavy atom. The van der Waals surface area contributed by atoms with E-state index in [9.17, 15) is 0 Å². The summed E-state index contributed by atoms with van der Waals surface area (Å²) < 4.78 is 2.24. The largest absolute Gasteiger partial charge is 0.342 e. The van der Waals surface area contributed by atoms with Crippen LogP contribution < -0.4 is 5.73 Å². The van der Waals surface area contributed by atoms with Crippen LogP contribution in [0.4, 0.5) is 0 Å². The number of hydrogen-bond donors (Lipinski definition) is 1. The van der Waals surface area contributed by atoms with E-state index >= 15 is 0 Å². The first kappa shape index (κ1) is 8.33. The number of hydrogen-bond acceptors (Lipinski definition) is 1. The highest BCUT2D eigenvalue weighted by Gasteiger charge is 2.21. The molecule has 0 spiro atoms. The maximum Gasteiger partial charge on any atom is 0.0672 e. The molecule has 1 unspecified atom stereocenters. The molecule has 0 amide bonds. The van der Waals surface area contributed by atoms with Crippen molar-refractivity contribution >= 4 is 22.5 Å². The van der Waals surface area contributed by atoms with Crippen molar-refractivity contribution in [1.82, 2.24) is 4.57 Å². The van der Waals surface area contributed by atoms with E-state index in [1.54, 1.807) is 0 Å². The Morgan fingerprint density at radius 2 is 2.29 bits per heavy atom. The minimum Gasteiger partial charge on any atom is -0.342 e. The van der Waals surface area contributed by atoms with E-state index in [0.29, 0.717) is 0 Å². The highest BCUT2D eigenvalue weighted by atomic mass is 35.5. The van der Waals surface area contributed by atoms with E-state index in [1.165, 1.54) is 11.1 Å². The Labute approximate surface area is 87.3 Å². The standard InChI is InChI=1S/C11H11ClN2/c12-10-3-1-2-7-4-9-5-8(13)6-14(9)11(7)10/h1-4,8H,5-6,13H2. The van der Waals surface area contributed by atoms with E-state index in [4.69, 9.17) is 17.3 Å². The molecular weight excluding hydrogens is 196 g/mol. The van der Waals surface area contributed by atoms with Crippen LogP contribution >= 0.6 is 11.6 Å². The van der Waals surface area contributed by atoms with E-state index in [-0.39, 0.29) is 6.04 Å². The van der Waals surface area contributed by atoms with Crippen molar-refractivity contribution in [2.45, 2.75) is 19.0 Å². The Balaban J connectivity index is 2.35. The Morgan fingerprint density at radius 1 is 1.43 bits per heavy atom. The maximum absolute atomic E-state index is 6.17. The third-order valence-corrected chi connectivity index (χ3v) is 3.15. The lowest BCUT2D eigenvalue weighted by molar-refractivity contribution is 0.652. The number of nitrogens with two attached hydrogens (primary N) is 1. The fourth-order valence-corrected chi connectivity index (χ4v) is 2.56. The molecule has 1 aromatic heterocycles. The first-order valence-electron chi connectivity index (χ1n) is 4.78. The van der Waals surface area contributed by atoms with Gasteiger partial charge in [0.25, 0.3) is 0 Å². The fraction of sp³-hybridized carbons (Fsp3) is 0.273. The highest BCUT2D eigenvalue weighted by molar-refractivity contribution is 6.35. The van der Waals surface area contributed by atoms with Crippen molar-refractivity contribution in [1.29, 1.82) is 0 Å². The van der Waals surface area contributed by atoms with Crippen LogP contribution in [0.5, 0.6) is 0 Å². The van der Waals surface area contributed by atoms with E-state index in [0.717, 1.165) is 23.5 Å². The molecule has 0 saturated carbocycles. The summed E-state index contributed by atoms with van der Waals surface area (Å²) in [6, 6.07) is 8.46. The van der Waals surface area contributed by atoms with Gasteiger partial charge in [-0.05, 0) is 12.1 Å². The fourth-order valence-electron chi connectivity index (χ4n) is 2.28. The summed E-state index contributed by atoms with van der Waals surface area (Å²) in [6.07, 6.45) is 0.963. The third kappa shape index (κ3) is 1.01. The van der Waals surface area contributed by atoms with Gasteiger partial charge in [-0.25, -0.2) is 0 Å². The SMILES string of the molecule is NC1Cc2cc3cccc(Cl)c3n2C1. The zero-order valence-electron chi connectivity index (χ0n) is 7.70. The van der Waals surface area contributed by atoms with Crippen molar-refractivity contribution in [3.63, 3.8) is 0 Å². The quantitative estimate of drug-likeness (QED) is 0.704. The minimum absolute atomic E-state index is 0.255. The summed E-state index contributed by atoms with van der Waals surface area (Å²) in [7, 11) is 0. The van der Waals surface area contributed by atoms with Crippen LogP contribution in [0.3, 0.4) is 0 Å². The zero-order valence-corrected chi connectivity index (χ0v) is 8.46. The first-order chi connectivity index (χ1) is 6.75. The molecule has 3 heteroatoms. The van der Waals surface area contributed by atoms with Crippen molar-refractivity contribution in [3.05, 3.63) is 35.0 Å². The van der Waals surface area contributed by atoms with Gasteiger partial charge in [0.1, 0.15) is 0 Å². The van der Waals surface area contributed by atoms with Gasteiger partial charge in [0.15, 0.2) is 0 Å². The van der Waals surface area contributed by atoms with Gasteiger partial charge in [-0.2, -0.15) is 0 Å². The maximum atomic E-state index is 6.17. The number of aromatic nitrogens is 1. The molecule has 2 N–H and O–H groups in total. The van der Waals surface area contributed by atoms with Crippen molar-refractivity contribution in [3.8, 4) is 0 Å². The molecule has 0 saturated heterocycles. The molecule has 1 aliphatic heterocycles. The monoisotopic (exact) mass is 206 g/mol.